The second kappa shape index (κ2) is 10.3. The molecule has 0 unspecified atom stereocenters. The average Bonchev–Trinajstić information content (AvgIpc) is 3.96. The molecule has 0 saturated heterocycles. The second-order valence-corrected chi connectivity index (χ2v) is 12.5. The number of para-hydroxylation sites is 3. The van der Waals surface area contributed by atoms with E-state index in [1.54, 1.807) is 6.07 Å². The molecule has 6 heterocycles. The first-order chi connectivity index (χ1) is 23.7. The van der Waals surface area contributed by atoms with Gasteiger partial charge in [0.15, 0.2) is 0 Å². The van der Waals surface area contributed by atoms with Crippen LogP contribution in [0.2, 0.25) is 0 Å². The van der Waals surface area contributed by atoms with Crippen molar-refractivity contribution in [2.75, 3.05) is 0 Å². The van der Waals surface area contributed by atoms with Gasteiger partial charge in [-0.3, -0.25) is 15.0 Å². The maximum atomic E-state index is 10.3. The van der Waals surface area contributed by atoms with E-state index in [9.17, 15) is 5.11 Å². The highest BCUT2D eigenvalue weighted by atomic mass is 16.3. The standard InChI is InChI=1S/C41H28N6O/c48-23-13-14-37-27(15-23)33(22-45-37)39-17-29(31-20-43-35-11-5-2-8-25(31)35)41(47-39)18-40-28(30-19-42-34-10-4-1-7-24(30)34)16-38(46-40)32-21-44-36-12-6-3-9-26(32)36/h1-22,32-33,42,46-48H/b31-29?,41-18-/t32-,33-/m0/s1. The fourth-order valence-electron chi connectivity index (χ4n) is 7.41. The van der Waals surface area contributed by atoms with Gasteiger partial charge in [0.1, 0.15) is 5.75 Å². The smallest absolute Gasteiger partial charge is 0.116 e. The van der Waals surface area contributed by atoms with Gasteiger partial charge < -0.3 is 20.1 Å². The van der Waals surface area contributed by atoms with E-state index >= 15 is 0 Å². The zero-order valence-electron chi connectivity index (χ0n) is 25.6. The van der Waals surface area contributed by atoms with Crippen LogP contribution in [0.25, 0.3) is 33.7 Å². The van der Waals surface area contributed by atoms with Crippen LogP contribution in [0.1, 0.15) is 45.6 Å². The maximum absolute atomic E-state index is 10.3. The summed E-state index contributed by atoms with van der Waals surface area (Å²) in [7, 11) is 0. The Balaban J connectivity index is 1.22. The Morgan fingerprint density at radius 3 is 2.29 bits per heavy atom. The van der Waals surface area contributed by atoms with Crippen LogP contribution in [-0.4, -0.2) is 38.7 Å². The molecule has 3 aromatic heterocycles. The Labute approximate surface area is 275 Å². The minimum atomic E-state index is -0.124. The molecule has 0 amide bonds. The molecule has 48 heavy (non-hydrogen) atoms. The SMILES string of the molecule is Oc1ccc2c(c1)[C@@H](c1cc(=C3C=Nc4ccccc43)/c(=C/c3[nH]c([C@H]4C=Nc5ccccc54)cc3-c3c[nH]c4ccccc34)[nH]1)C=N2. The minimum Gasteiger partial charge on any atom is -0.508 e. The van der Waals surface area contributed by atoms with E-state index in [4.69, 9.17) is 9.98 Å². The molecule has 10 rings (SSSR count). The topological polar surface area (TPSA) is 105 Å². The van der Waals surface area contributed by atoms with Crippen LogP contribution in [0.3, 0.4) is 0 Å². The van der Waals surface area contributed by atoms with Crippen LogP contribution in [-0.2, 0) is 0 Å². The molecule has 3 aliphatic rings. The van der Waals surface area contributed by atoms with Crippen molar-refractivity contribution in [3.8, 4) is 16.9 Å². The van der Waals surface area contributed by atoms with Crippen LogP contribution in [0, 0.1) is 0 Å². The van der Waals surface area contributed by atoms with Crippen LogP contribution < -0.4 is 10.6 Å². The molecule has 0 bridgehead atoms. The van der Waals surface area contributed by atoms with Crippen LogP contribution >= 0.6 is 0 Å². The molecule has 228 valence electrons. The first-order valence-corrected chi connectivity index (χ1v) is 16.1. The summed E-state index contributed by atoms with van der Waals surface area (Å²) >= 11 is 0. The van der Waals surface area contributed by atoms with Gasteiger partial charge in [-0.1, -0.05) is 54.6 Å². The fourth-order valence-corrected chi connectivity index (χ4v) is 7.41. The van der Waals surface area contributed by atoms with Crippen LogP contribution in [0.4, 0.5) is 17.1 Å². The second-order valence-electron chi connectivity index (χ2n) is 12.5. The molecular formula is C41H28N6O. The first kappa shape index (κ1) is 26.7. The van der Waals surface area contributed by atoms with Crippen molar-refractivity contribution >= 4 is 58.3 Å². The van der Waals surface area contributed by atoms with Gasteiger partial charge >= 0.3 is 0 Å². The molecule has 7 nitrogen and oxygen atoms in total. The number of aromatic amines is 3. The summed E-state index contributed by atoms with van der Waals surface area (Å²) in [5.74, 6) is 0.127. The van der Waals surface area contributed by atoms with Crippen molar-refractivity contribution in [3.63, 3.8) is 0 Å². The van der Waals surface area contributed by atoms with Crippen molar-refractivity contribution in [1.29, 1.82) is 0 Å². The quantitative estimate of drug-likeness (QED) is 0.160. The molecule has 7 aromatic rings. The predicted molar refractivity (Wildman–Crippen MR) is 193 cm³/mol. The molecule has 4 N–H and O–H groups in total. The number of phenols is 1. The Morgan fingerprint density at radius 2 is 1.38 bits per heavy atom. The van der Waals surface area contributed by atoms with Crippen molar-refractivity contribution in [2.45, 2.75) is 11.8 Å². The van der Waals surface area contributed by atoms with Gasteiger partial charge in [0.25, 0.3) is 0 Å². The van der Waals surface area contributed by atoms with Crippen molar-refractivity contribution in [1.82, 2.24) is 15.0 Å². The number of aromatic nitrogens is 3. The Morgan fingerprint density at radius 1 is 0.625 bits per heavy atom. The number of phenolic OH excluding ortho intramolecular Hbond substituents is 1. The number of fused-ring (bicyclic) bond motifs is 4. The maximum Gasteiger partial charge on any atom is 0.116 e. The van der Waals surface area contributed by atoms with Crippen molar-refractivity contribution in [2.24, 2.45) is 15.0 Å². The number of nitrogens with zero attached hydrogens (tertiary/aromatic N) is 3. The number of aromatic hydroxyl groups is 1. The van der Waals surface area contributed by atoms with E-state index in [0.29, 0.717) is 0 Å². The number of nitrogens with one attached hydrogen (secondary N) is 3. The first-order valence-electron chi connectivity index (χ1n) is 16.1. The molecule has 0 radical (unpaired) electrons. The molecule has 3 aliphatic heterocycles. The van der Waals surface area contributed by atoms with Gasteiger partial charge in [0.05, 0.1) is 28.9 Å². The summed E-state index contributed by atoms with van der Waals surface area (Å²) < 4.78 is 0. The summed E-state index contributed by atoms with van der Waals surface area (Å²) in [6, 6.07) is 34.8. The summed E-state index contributed by atoms with van der Waals surface area (Å²) in [6.07, 6.45) is 10.3. The highest BCUT2D eigenvalue weighted by Gasteiger charge is 2.26. The van der Waals surface area contributed by atoms with E-state index in [1.165, 1.54) is 5.56 Å². The van der Waals surface area contributed by atoms with E-state index in [1.807, 2.05) is 49.0 Å². The molecule has 4 aromatic carbocycles. The third-order valence-corrected chi connectivity index (χ3v) is 9.74. The normalized spacial score (nSPS) is 18.6. The van der Waals surface area contributed by atoms with E-state index < -0.39 is 0 Å². The lowest BCUT2D eigenvalue weighted by molar-refractivity contribution is 0.474. The highest BCUT2D eigenvalue weighted by Crippen LogP contribution is 2.40. The average molecular weight is 621 g/mol. The van der Waals surface area contributed by atoms with E-state index in [-0.39, 0.29) is 17.6 Å². The van der Waals surface area contributed by atoms with Crippen molar-refractivity contribution in [3.05, 3.63) is 154 Å². The van der Waals surface area contributed by atoms with Gasteiger partial charge in [-0.25, -0.2) is 0 Å². The molecule has 0 fully saturated rings. The number of aliphatic imine (C=N–C) groups is 3. The molecule has 0 spiro atoms. The number of benzene rings is 4. The van der Waals surface area contributed by atoms with Crippen molar-refractivity contribution < 1.29 is 5.11 Å². The minimum absolute atomic E-state index is 0.0214. The number of H-pyrrole nitrogens is 3. The van der Waals surface area contributed by atoms with Gasteiger partial charge in [-0.15, -0.1) is 0 Å². The third kappa shape index (κ3) is 4.11. The third-order valence-electron chi connectivity index (χ3n) is 9.74. The Bertz CT molecular complexity index is 2660. The highest BCUT2D eigenvalue weighted by molar-refractivity contribution is 6.16. The molecule has 0 saturated carbocycles. The number of rotatable bonds is 4. The summed E-state index contributed by atoms with van der Waals surface area (Å²) in [5, 5.41) is 13.5. The lowest BCUT2D eigenvalue weighted by Gasteiger charge is -2.07. The monoisotopic (exact) mass is 620 g/mol. The zero-order chi connectivity index (χ0) is 31.8. The Kier molecular flexibility index (Phi) is 5.72. The van der Waals surface area contributed by atoms with Crippen LogP contribution in [0.15, 0.2) is 124 Å². The van der Waals surface area contributed by atoms with Gasteiger partial charge in [0, 0.05) is 85.7 Å². The van der Waals surface area contributed by atoms with Gasteiger partial charge in [-0.2, -0.15) is 0 Å². The largest absolute Gasteiger partial charge is 0.508 e. The number of hydrogen-bond donors (Lipinski definition) is 4. The molecular weight excluding hydrogens is 592 g/mol. The van der Waals surface area contributed by atoms with Gasteiger partial charge in [-0.05, 0) is 65.7 Å². The lowest BCUT2D eigenvalue weighted by atomic mass is 9.97. The zero-order valence-corrected chi connectivity index (χ0v) is 25.6. The van der Waals surface area contributed by atoms with Gasteiger partial charge in [0.2, 0.25) is 0 Å². The summed E-state index contributed by atoms with van der Waals surface area (Å²) in [5.41, 5.74) is 13.5. The fraction of sp³-hybridized carbons (Fsp3) is 0.0488. The lowest BCUT2D eigenvalue weighted by Crippen LogP contribution is -2.25. The Hall–Kier alpha value is -6.47. The molecule has 2 atom stereocenters. The van der Waals surface area contributed by atoms with Crippen LogP contribution in [0.5, 0.6) is 5.75 Å². The van der Waals surface area contributed by atoms with E-state index in [0.717, 1.165) is 83.4 Å². The number of hydrogen-bond acceptors (Lipinski definition) is 4. The molecule has 7 heteroatoms. The summed E-state index contributed by atoms with van der Waals surface area (Å²) in [4.78, 5) is 25.2. The summed E-state index contributed by atoms with van der Waals surface area (Å²) in [6.45, 7) is 0. The molecule has 0 aliphatic carbocycles. The van der Waals surface area contributed by atoms with E-state index in [2.05, 4.69) is 98.9 Å². The predicted octanol–water partition coefficient (Wildman–Crippen LogP) is 7.64.